The molecule has 4 atom stereocenters. The molecular weight excluding hydrogens is 887 g/mol. The summed E-state index contributed by atoms with van der Waals surface area (Å²) in [6.45, 7) is 9.72. The molecule has 346 valence electrons. The molecule has 0 bridgehead atoms. The highest BCUT2D eigenvalue weighted by Gasteiger charge is 2.62. The van der Waals surface area contributed by atoms with Crippen LogP contribution in [0.3, 0.4) is 0 Å². The first-order chi connectivity index (χ1) is 32.4. The summed E-state index contributed by atoms with van der Waals surface area (Å²) in [6.07, 6.45) is 7.06. The number of benzene rings is 2. The summed E-state index contributed by atoms with van der Waals surface area (Å²) in [7, 11) is 1.14. The van der Waals surface area contributed by atoms with Gasteiger partial charge in [-0.15, -0.1) is 10.2 Å². The summed E-state index contributed by atoms with van der Waals surface area (Å²) in [4.78, 5) is 82.0. The van der Waals surface area contributed by atoms with Gasteiger partial charge in [-0.1, -0.05) is 36.9 Å². The minimum atomic E-state index is -0.680. The Morgan fingerprint density at radius 2 is 1.84 bits per heavy atom. The van der Waals surface area contributed by atoms with E-state index < -0.39 is 11.9 Å². The number of carbonyl (C=O) groups is 5. The number of nitrogens with zero attached hydrogens (tertiary/aromatic N) is 8. The van der Waals surface area contributed by atoms with Gasteiger partial charge in [0.25, 0.3) is 11.8 Å². The number of nitrogens with one attached hydrogen (secondary N) is 3. The van der Waals surface area contributed by atoms with Gasteiger partial charge in [0, 0.05) is 109 Å². The number of carbonyl (C=O) groups excluding carboxylic acids is 5. The molecule has 4 aromatic rings. The van der Waals surface area contributed by atoms with Crippen LogP contribution in [0.5, 0.6) is 0 Å². The number of fused-ring (bicyclic) bond motifs is 1. The first-order valence-corrected chi connectivity index (χ1v) is 25.3. The van der Waals surface area contributed by atoms with Crippen molar-refractivity contribution in [3.05, 3.63) is 101 Å². The Kier molecular flexibility index (Phi) is 11.2. The highest BCUT2D eigenvalue weighted by Crippen LogP contribution is 2.65. The lowest BCUT2D eigenvalue weighted by Crippen LogP contribution is -2.57. The third-order valence-corrected chi connectivity index (χ3v) is 16.2. The summed E-state index contributed by atoms with van der Waals surface area (Å²) in [6, 6.07) is 16.1. The Hall–Kier alpha value is -6.02. The molecule has 1 aliphatic carbocycles. The summed E-state index contributed by atoms with van der Waals surface area (Å²) >= 11 is 1.53. The first-order valence-electron chi connectivity index (χ1n) is 23.3. The van der Waals surface area contributed by atoms with Crippen LogP contribution in [0, 0.1) is 10.8 Å². The molecule has 2 aromatic carbocycles. The van der Waals surface area contributed by atoms with Crippen LogP contribution in [0.1, 0.15) is 71.0 Å². The smallest absolute Gasteiger partial charge is 0.272 e. The van der Waals surface area contributed by atoms with Gasteiger partial charge < -0.3 is 35.0 Å². The largest absolute Gasteiger partial charge is 0.373 e. The number of likely N-dealkylation sites (tertiary alicyclic amines) is 1. The van der Waals surface area contributed by atoms with Crippen molar-refractivity contribution in [3.8, 4) is 0 Å². The number of aromatic nitrogens is 4. The number of piperidine rings is 2. The van der Waals surface area contributed by atoms with Crippen molar-refractivity contribution in [1.82, 2.24) is 40.6 Å². The van der Waals surface area contributed by atoms with Crippen LogP contribution in [0.2, 0.25) is 5.54 Å². The molecule has 5 amide bonds. The van der Waals surface area contributed by atoms with Gasteiger partial charge >= 0.3 is 0 Å². The molecule has 8 heterocycles. The highest BCUT2D eigenvalue weighted by atomic mass is 32.2. The number of imide groups is 1. The molecule has 6 aliphatic heterocycles. The zero-order chi connectivity index (χ0) is 46.0. The fourth-order valence-corrected chi connectivity index (χ4v) is 12.4. The van der Waals surface area contributed by atoms with Crippen LogP contribution in [0.15, 0.2) is 88.1 Å². The number of amides is 5. The fourth-order valence-electron chi connectivity index (χ4n) is 11.1. The van der Waals surface area contributed by atoms with E-state index in [4.69, 9.17) is 14.7 Å². The molecule has 2 spiro atoms. The molecular formula is C48H53N11O6SSi. The van der Waals surface area contributed by atoms with Crippen molar-refractivity contribution in [1.29, 1.82) is 0 Å². The van der Waals surface area contributed by atoms with E-state index in [-0.39, 0.29) is 59.7 Å². The molecule has 7 aliphatic rings. The monoisotopic (exact) mass is 939 g/mol. The van der Waals surface area contributed by atoms with E-state index >= 15 is 0 Å². The van der Waals surface area contributed by atoms with Gasteiger partial charge in [0.15, 0.2) is 11.5 Å². The summed E-state index contributed by atoms with van der Waals surface area (Å²) in [5.74, 6) is 0.245. The quantitative estimate of drug-likeness (QED) is 0.101. The average Bonchev–Trinajstić information content (AvgIpc) is 3.62. The third kappa shape index (κ3) is 8.39. The second-order valence-electron chi connectivity index (χ2n) is 19.5. The Morgan fingerprint density at radius 3 is 2.63 bits per heavy atom. The minimum Gasteiger partial charge on any atom is -0.373 e. The Bertz CT molecular complexity index is 2710. The lowest BCUT2D eigenvalue weighted by molar-refractivity contribution is -0.137. The van der Waals surface area contributed by atoms with E-state index in [1.165, 1.54) is 16.7 Å². The third-order valence-electron chi connectivity index (χ3n) is 14.7. The van der Waals surface area contributed by atoms with Crippen LogP contribution in [0.4, 0.5) is 17.3 Å². The van der Waals surface area contributed by atoms with Gasteiger partial charge in [0.05, 0.1) is 25.1 Å². The van der Waals surface area contributed by atoms with Gasteiger partial charge in [0.1, 0.15) is 16.9 Å². The molecule has 3 unspecified atom stereocenters. The van der Waals surface area contributed by atoms with Crippen molar-refractivity contribution in [2.24, 2.45) is 10.8 Å². The van der Waals surface area contributed by atoms with E-state index in [1.807, 2.05) is 48.8 Å². The first kappa shape index (κ1) is 43.5. The van der Waals surface area contributed by atoms with Crippen LogP contribution < -0.4 is 25.8 Å². The van der Waals surface area contributed by atoms with Crippen molar-refractivity contribution in [2.75, 3.05) is 67.5 Å². The number of rotatable bonds is 13. The van der Waals surface area contributed by atoms with Crippen LogP contribution >= 0.6 is 11.8 Å². The second-order valence-corrected chi connectivity index (χ2v) is 22.4. The molecule has 3 N–H and O–H groups in total. The predicted octanol–water partition coefficient (Wildman–Crippen LogP) is 2.73. The van der Waals surface area contributed by atoms with E-state index in [2.05, 4.69) is 47.8 Å². The number of hydrogen-bond donors (Lipinski definition) is 3. The van der Waals surface area contributed by atoms with Crippen LogP contribution in [-0.2, 0) is 32.2 Å². The normalized spacial score (nSPS) is 24.3. The fraction of sp³-hybridized carbons (Fsp3) is 0.438. The standard InChI is InChI=1S/C48H53N11O6SSi/c1-28(67)43-42-34-23-57(16-13-48(34,42)27-65-43)38-20-50-41(21-49-38)66-32-4-2-3-31(18-32)52-40(61)11-14-56-24-47(25-56)12-15-58(26-47)37-9-7-35(54-55-37)44(62)51-19-29-5-6-33-30(17-29)22-59(46(33)64)36-8-10-39(60)53-45(36)63/h2-7,9,17-18,20-21,28,36,43H,8,10-16,19,22-27H2,1,67H3,(H,51,62)(H,52,61)(H,53,60,63)/t28-,36?,43?,48?/m1/s1. The lowest BCUT2D eigenvalue weighted by Gasteiger charge is -2.48. The van der Waals surface area contributed by atoms with E-state index in [0.717, 1.165) is 107 Å². The summed E-state index contributed by atoms with van der Waals surface area (Å²) in [5, 5.41) is 17.8. The lowest BCUT2D eigenvalue weighted by atomic mass is 9.79. The van der Waals surface area contributed by atoms with Crippen molar-refractivity contribution >= 4 is 68.9 Å². The molecule has 67 heavy (non-hydrogen) atoms. The Morgan fingerprint density at radius 1 is 0.970 bits per heavy atom. The van der Waals surface area contributed by atoms with Gasteiger partial charge in [-0.3, -0.25) is 29.3 Å². The average molecular weight is 940 g/mol. The van der Waals surface area contributed by atoms with Crippen molar-refractivity contribution in [3.63, 3.8) is 0 Å². The van der Waals surface area contributed by atoms with Gasteiger partial charge in [-0.2, -0.15) is 0 Å². The van der Waals surface area contributed by atoms with Gasteiger partial charge in [-0.25, -0.2) is 9.97 Å². The van der Waals surface area contributed by atoms with Gasteiger partial charge in [0.2, 0.25) is 17.7 Å². The summed E-state index contributed by atoms with van der Waals surface area (Å²) in [5.41, 5.74) is 7.24. The molecule has 17 nitrogen and oxygen atoms in total. The van der Waals surface area contributed by atoms with Crippen molar-refractivity contribution < 1.29 is 28.7 Å². The molecule has 2 aromatic heterocycles. The highest BCUT2D eigenvalue weighted by molar-refractivity contribution is 7.99. The van der Waals surface area contributed by atoms with E-state index in [9.17, 15) is 24.0 Å². The zero-order valence-corrected chi connectivity index (χ0v) is 40.4. The SMILES string of the molecule is C[C@@H]([SiH3])C1OCC23CCN(c4cnc(Sc5cccc(NC(=O)CCN6CC7(CCN(c8ccc(C(=O)NCc9ccc%10c(c9)CN(C9CCC(=O)NC9=O)C%10=O)nn8)C7)C6)c5)cn4)CC2=C13. The number of ether oxygens (including phenoxy) is 1. The Labute approximate surface area is 395 Å². The number of hydrogen-bond acceptors (Lipinski definition) is 14. The number of anilines is 3. The minimum absolute atomic E-state index is 0.0191. The summed E-state index contributed by atoms with van der Waals surface area (Å²) < 4.78 is 6.15. The molecule has 0 radical (unpaired) electrons. The topological polar surface area (TPSA) is 195 Å². The molecule has 5 fully saturated rings. The van der Waals surface area contributed by atoms with Crippen LogP contribution in [0.25, 0.3) is 0 Å². The Balaban J connectivity index is 0.601. The van der Waals surface area contributed by atoms with Crippen LogP contribution in [-0.4, -0.2) is 134 Å². The maximum Gasteiger partial charge on any atom is 0.272 e. The van der Waals surface area contributed by atoms with Crippen molar-refractivity contribution in [2.45, 2.75) is 79.7 Å². The molecule has 5 saturated heterocycles. The molecule has 19 heteroatoms. The predicted molar refractivity (Wildman–Crippen MR) is 253 cm³/mol. The maximum atomic E-state index is 13.1. The zero-order valence-electron chi connectivity index (χ0n) is 37.6. The molecule has 0 saturated carbocycles. The maximum absolute atomic E-state index is 13.1. The van der Waals surface area contributed by atoms with E-state index in [1.54, 1.807) is 29.3 Å². The second kappa shape index (κ2) is 17.2. The van der Waals surface area contributed by atoms with E-state index in [0.29, 0.717) is 36.6 Å². The molecule has 11 rings (SSSR count). The van der Waals surface area contributed by atoms with Gasteiger partial charge in [-0.05, 0) is 83.5 Å².